The van der Waals surface area contributed by atoms with Crippen molar-refractivity contribution in [3.63, 3.8) is 0 Å². The minimum Gasteiger partial charge on any atom is -0.339 e. The lowest BCUT2D eigenvalue weighted by Crippen LogP contribution is -2.12. The molecular formula is C21H17FN4O2. The highest BCUT2D eigenvalue weighted by molar-refractivity contribution is 6.00. The van der Waals surface area contributed by atoms with Gasteiger partial charge in [0.05, 0.1) is 11.2 Å². The van der Waals surface area contributed by atoms with Gasteiger partial charge < -0.3 is 9.84 Å². The number of amides is 1. The van der Waals surface area contributed by atoms with Gasteiger partial charge in [-0.3, -0.25) is 9.78 Å². The van der Waals surface area contributed by atoms with E-state index in [4.69, 9.17) is 4.52 Å². The van der Waals surface area contributed by atoms with Gasteiger partial charge >= 0.3 is 0 Å². The summed E-state index contributed by atoms with van der Waals surface area (Å²) >= 11 is 0. The SMILES string of the molecule is Cc1cc(-c2noc(CCC(=O)Nc3cccc4ncccc34)n2)ccc1F. The zero-order valence-electron chi connectivity index (χ0n) is 15.1. The van der Waals surface area contributed by atoms with Gasteiger partial charge in [0.15, 0.2) is 0 Å². The number of carbonyl (C=O) groups is 1. The molecule has 0 spiro atoms. The fourth-order valence-electron chi connectivity index (χ4n) is 2.90. The molecule has 140 valence electrons. The molecular weight excluding hydrogens is 359 g/mol. The van der Waals surface area contributed by atoms with Gasteiger partial charge in [-0.1, -0.05) is 11.2 Å². The van der Waals surface area contributed by atoms with E-state index in [0.717, 1.165) is 10.9 Å². The predicted molar refractivity (Wildman–Crippen MR) is 103 cm³/mol. The largest absolute Gasteiger partial charge is 0.339 e. The number of fused-ring (bicyclic) bond motifs is 1. The molecule has 0 saturated carbocycles. The fourth-order valence-corrected chi connectivity index (χ4v) is 2.90. The summed E-state index contributed by atoms with van der Waals surface area (Å²) in [5.41, 5.74) is 2.70. The minimum absolute atomic E-state index is 0.159. The van der Waals surface area contributed by atoms with Crippen molar-refractivity contribution in [2.45, 2.75) is 19.8 Å². The Kier molecular flexibility index (Phi) is 4.80. The second-order valence-corrected chi connectivity index (χ2v) is 6.40. The molecule has 4 aromatic rings. The molecule has 1 N–H and O–H groups in total. The summed E-state index contributed by atoms with van der Waals surface area (Å²) in [6.45, 7) is 1.67. The molecule has 2 heterocycles. The standard InChI is InChI=1S/C21H17FN4O2/c1-13-12-14(7-8-16(13)22)21-25-20(28-26-21)10-9-19(27)24-18-6-2-5-17-15(18)4-3-11-23-17/h2-8,11-12H,9-10H2,1H3,(H,24,27). The van der Waals surface area contributed by atoms with Crippen molar-refractivity contribution in [1.29, 1.82) is 0 Å². The van der Waals surface area contributed by atoms with Crippen LogP contribution in [0.3, 0.4) is 0 Å². The lowest BCUT2D eigenvalue weighted by molar-refractivity contribution is -0.116. The van der Waals surface area contributed by atoms with Crippen LogP contribution >= 0.6 is 0 Å². The van der Waals surface area contributed by atoms with Crippen molar-refractivity contribution in [2.24, 2.45) is 0 Å². The second kappa shape index (κ2) is 7.56. The summed E-state index contributed by atoms with van der Waals surface area (Å²) in [5.74, 6) is 0.284. The monoisotopic (exact) mass is 376 g/mol. The van der Waals surface area contributed by atoms with E-state index in [9.17, 15) is 9.18 Å². The molecule has 2 aromatic carbocycles. The van der Waals surface area contributed by atoms with E-state index in [1.54, 1.807) is 25.3 Å². The zero-order chi connectivity index (χ0) is 19.5. The van der Waals surface area contributed by atoms with E-state index in [-0.39, 0.29) is 18.1 Å². The third-order valence-electron chi connectivity index (χ3n) is 4.37. The smallest absolute Gasteiger partial charge is 0.227 e. The maximum Gasteiger partial charge on any atom is 0.227 e. The third kappa shape index (κ3) is 3.73. The fraction of sp³-hybridized carbons (Fsp3) is 0.143. The number of halogens is 1. The number of benzene rings is 2. The van der Waals surface area contributed by atoms with Crippen molar-refractivity contribution in [3.8, 4) is 11.4 Å². The van der Waals surface area contributed by atoms with Crippen LogP contribution in [0, 0.1) is 12.7 Å². The molecule has 28 heavy (non-hydrogen) atoms. The molecule has 0 atom stereocenters. The molecule has 0 aliphatic carbocycles. The van der Waals surface area contributed by atoms with Crippen LogP contribution in [0.5, 0.6) is 0 Å². The quantitative estimate of drug-likeness (QED) is 0.561. The molecule has 7 heteroatoms. The van der Waals surface area contributed by atoms with Crippen LogP contribution in [0.15, 0.2) is 59.3 Å². The number of nitrogens with zero attached hydrogens (tertiary/aromatic N) is 3. The summed E-state index contributed by atoms with van der Waals surface area (Å²) in [4.78, 5) is 20.9. The van der Waals surface area contributed by atoms with Gasteiger partial charge in [0, 0.05) is 30.0 Å². The first-order valence-electron chi connectivity index (χ1n) is 8.83. The molecule has 0 unspecified atom stereocenters. The van der Waals surface area contributed by atoms with Crippen molar-refractivity contribution >= 4 is 22.5 Å². The van der Waals surface area contributed by atoms with Gasteiger partial charge in [-0.2, -0.15) is 4.98 Å². The highest BCUT2D eigenvalue weighted by atomic mass is 19.1. The Balaban J connectivity index is 1.41. The normalized spacial score (nSPS) is 10.9. The van der Waals surface area contributed by atoms with Crippen molar-refractivity contribution in [1.82, 2.24) is 15.1 Å². The number of aromatic nitrogens is 3. The third-order valence-corrected chi connectivity index (χ3v) is 4.37. The van der Waals surface area contributed by atoms with Gasteiger partial charge in [0.2, 0.25) is 17.6 Å². The van der Waals surface area contributed by atoms with E-state index in [2.05, 4.69) is 20.4 Å². The Morgan fingerprint density at radius 3 is 2.93 bits per heavy atom. The number of rotatable bonds is 5. The van der Waals surface area contributed by atoms with Crippen molar-refractivity contribution < 1.29 is 13.7 Å². The van der Waals surface area contributed by atoms with Gasteiger partial charge in [0.25, 0.3) is 0 Å². The topological polar surface area (TPSA) is 80.9 Å². The van der Waals surface area contributed by atoms with Gasteiger partial charge in [-0.05, 0) is 55.0 Å². The summed E-state index contributed by atoms with van der Waals surface area (Å²) in [7, 11) is 0. The molecule has 2 aromatic heterocycles. The Hall–Kier alpha value is -3.61. The number of hydrogen-bond acceptors (Lipinski definition) is 5. The van der Waals surface area contributed by atoms with Gasteiger partial charge in [-0.25, -0.2) is 4.39 Å². The maximum atomic E-state index is 13.4. The number of aryl methyl sites for hydroxylation is 2. The highest BCUT2D eigenvalue weighted by Gasteiger charge is 2.12. The van der Waals surface area contributed by atoms with Crippen LogP contribution in [0.4, 0.5) is 10.1 Å². The maximum absolute atomic E-state index is 13.4. The average Bonchev–Trinajstić information content (AvgIpc) is 3.18. The van der Waals surface area contributed by atoms with E-state index >= 15 is 0 Å². The van der Waals surface area contributed by atoms with Gasteiger partial charge in [0.1, 0.15) is 5.82 Å². The average molecular weight is 376 g/mol. The van der Waals surface area contributed by atoms with E-state index in [1.807, 2.05) is 30.3 Å². The van der Waals surface area contributed by atoms with Crippen LogP contribution < -0.4 is 5.32 Å². The molecule has 0 aliphatic heterocycles. The highest BCUT2D eigenvalue weighted by Crippen LogP contribution is 2.22. The summed E-state index contributed by atoms with van der Waals surface area (Å²) in [6.07, 6.45) is 2.21. The summed E-state index contributed by atoms with van der Waals surface area (Å²) in [6, 6.07) is 13.9. The molecule has 1 amide bonds. The number of pyridine rings is 1. The Bertz CT molecular complexity index is 1150. The number of hydrogen-bond donors (Lipinski definition) is 1. The molecule has 0 aliphatic rings. The molecule has 0 saturated heterocycles. The number of carbonyl (C=O) groups excluding carboxylic acids is 1. The summed E-state index contributed by atoms with van der Waals surface area (Å²) in [5, 5.41) is 7.69. The molecule has 4 rings (SSSR count). The van der Waals surface area contributed by atoms with Gasteiger partial charge in [-0.15, -0.1) is 0 Å². The first-order valence-corrected chi connectivity index (χ1v) is 8.83. The van der Waals surface area contributed by atoms with Crippen molar-refractivity contribution in [2.75, 3.05) is 5.32 Å². The van der Waals surface area contributed by atoms with Crippen LogP contribution in [-0.4, -0.2) is 21.0 Å². The van der Waals surface area contributed by atoms with Crippen molar-refractivity contribution in [3.05, 3.63) is 72.0 Å². The zero-order valence-corrected chi connectivity index (χ0v) is 15.1. The summed E-state index contributed by atoms with van der Waals surface area (Å²) < 4.78 is 18.6. The van der Waals surface area contributed by atoms with E-state index in [0.29, 0.717) is 35.0 Å². The van der Waals surface area contributed by atoms with Crippen LogP contribution in [0.1, 0.15) is 17.9 Å². The predicted octanol–water partition coefficient (Wildman–Crippen LogP) is 4.30. The Labute approximate surface area is 160 Å². The molecule has 6 nitrogen and oxygen atoms in total. The lowest BCUT2D eigenvalue weighted by atomic mass is 10.1. The van der Waals surface area contributed by atoms with Crippen LogP contribution in [0.25, 0.3) is 22.3 Å². The Morgan fingerprint density at radius 2 is 2.07 bits per heavy atom. The molecule has 0 radical (unpaired) electrons. The second-order valence-electron chi connectivity index (χ2n) is 6.40. The molecule has 0 bridgehead atoms. The first-order chi connectivity index (χ1) is 13.6. The Morgan fingerprint density at radius 1 is 1.18 bits per heavy atom. The minimum atomic E-state index is -0.284. The van der Waals surface area contributed by atoms with Crippen LogP contribution in [-0.2, 0) is 11.2 Å². The first kappa shape index (κ1) is 17.8. The van der Waals surface area contributed by atoms with Crippen LogP contribution in [0.2, 0.25) is 0 Å². The lowest BCUT2D eigenvalue weighted by Gasteiger charge is -2.07. The number of anilines is 1. The number of nitrogens with one attached hydrogen (secondary N) is 1. The molecule has 0 fully saturated rings. The van der Waals surface area contributed by atoms with E-state index < -0.39 is 0 Å². The van der Waals surface area contributed by atoms with E-state index in [1.165, 1.54) is 6.07 Å².